The van der Waals surface area contributed by atoms with Gasteiger partial charge in [0.2, 0.25) is 0 Å². The molecule has 2 aromatic rings. The van der Waals surface area contributed by atoms with E-state index in [2.05, 4.69) is 9.59 Å². The Hall–Kier alpha value is -2.15. The van der Waals surface area contributed by atoms with E-state index in [1.165, 1.54) is 0 Å². The van der Waals surface area contributed by atoms with Gasteiger partial charge in [0, 0.05) is 12.5 Å². The molecule has 24 heavy (non-hydrogen) atoms. The Morgan fingerprint density at radius 1 is 1.33 bits per heavy atom. The van der Waals surface area contributed by atoms with E-state index in [0.29, 0.717) is 23.8 Å². The highest BCUT2D eigenvalue weighted by Gasteiger charge is 2.30. The number of hydrogen-bond acceptors (Lipinski definition) is 6. The lowest BCUT2D eigenvalue weighted by Crippen LogP contribution is -2.42. The van der Waals surface area contributed by atoms with Gasteiger partial charge in [0.1, 0.15) is 11.5 Å². The molecule has 2 heterocycles. The van der Waals surface area contributed by atoms with Crippen molar-refractivity contribution in [2.75, 3.05) is 20.2 Å². The second-order valence-electron chi connectivity index (χ2n) is 6.88. The predicted molar refractivity (Wildman–Crippen MR) is 91.9 cm³/mol. The molecule has 128 valence electrons. The fraction of sp³-hybridized carbons (Fsp3) is 0.471. The molecule has 0 aliphatic carbocycles. The number of benzene rings is 1. The van der Waals surface area contributed by atoms with Gasteiger partial charge in [-0.1, -0.05) is 37.4 Å². The normalized spacial score (nSPS) is 16.8. The van der Waals surface area contributed by atoms with Gasteiger partial charge < -0.3 is 14.4 Å². The number of rotatable bonds is 3. The first-order chi connectivity index (χ1) is 11.4. The first-order valence-corrected chi connectivity index (χ1v) is 8.60. The number of nitrogens with zero attached hydrogens (tertiary/aromatic N) is 3. The minimum atomic E-state index is -0.220. The molecule has 1 aromatic carbocycles. The molecule has 3 rings (SSSR count). The molecule has 7 heteroatoms. The van der Waals surface area contributed by atoms with Crippen molar-refractivity contribution < 1.29 is 14.3 Å². The van der Waals surface area contributed by atoms with E-state index in [0.717, 1.165) is 23.0 Å². The smallest absolute Gasteiger partial charge is 0.267 e. The van der Waals surface area contributed by atoms with Crippen LogP contribution in [-0.2, 0) is 5.41 Å². The van der Waals surface area contributed by atoms with Crippen molar-refractivity contribution in [2.45, 2.75) is 32.3 Å². The number of amides is 1. The van der Waals surface area contributed by atoms with Gasteiger partial charge in [-0.05, 0) is 23.7 Å². The third-order valence-electron chi connectivity index (χ3n) is 3.78. The molecule has 0 saturated heterocycles. The fourth-order valence-corrected chi connectivity index (χ4v) is 3.41. The van der Waals surface area contributed by atoms with Gasteiger partial charge >= 0.3 is 0 Å². The topological polar surface area (TPSA) is 64.6 Å². The van der Waals surface area contributed by atoms with Crippen molar-refractivity contribution >= 4 is 17.4 Å². The molecular weight excluding hydrogens is 326 g/mol. The zero-order valence-corrected chi connectivity index (χ0v) is 15.1. The van der Waals surface area contributed by atoms with E-state index in [4.69, 9.17) is 9.47 Å². The molecule has 0 fully saturated rings. The summed E-state index contributed by atoms with van der Waals surface area (Å²) in [5.41, 5.74) is 0.512. The molecule has 1 aromatic heterocycles. The summed E-state index contributed by atoms with van der Waals surface area (Å²) in [6.07, 6.45) is -0.201. The lowest BCUT2D eigenvalue weighted by atomic mass is 9.91. The number of para-hydroxylation sites is 2. The van der Waals surface area contributed by atoms with Crippen LogP contribution in [0.5, 0.6) is 11.5 Å². The second-order valence-corrected chi connectivity index (χ2v) is 7.64. The average molecular weight is 347 g/mol. The molecule has 1 amide bonds. The summed E-state index contributed by atoms with van der Waals surface area (Å²) in [4.78, 5) is 15.0. The largest absolute Gasteiger partial charge is 0.486 e. The first-order valence-electron chi connectivity index (χ1n) is 7.83. The first kappa shape index (κ1) is 16.7. The van der Waals surface area contributed by atoms with Crippen LogP contribution in [0, 0.1) is 0 Å². The monoisotopic (exact) mass is 347 g/mol. The maximum absolute atomic E-state index is 12.8. The van der Waals surface area contributed by atoms with E-state index in [9.17, 15) is 4.79 Å². The Balaban J connectivity index is 1.69. The van der Waals surface area contributed by atoms with Crippen molar-refractivity contribution in [3.8, 4) is 11.5 Å². The van der Waals surface area contributed by atoms with Crippen molar-refractivity contribution in [2.24, 2.45) is 0 Å². The number of aromatic nitrogens is 2. The van der Waals surface area contributed by atoms with Gasteiger partial charge in [0.25, 0.3) is 5.91 Å². The van der Waals surface area contributed by atoms with Crippen LogP contribution in [0.2, 0.25) is 0 Å². The minimum absolute atomic E-state index is 0.0858. The Morgan fingerprint density at radius 2 is 2.04 bits per heavy atom. The second kappa shape index (κ2) is 6.39. The van der Waals surface area contributed by atoms with E-state index in [1.807, 2.05) is 45.0 Å². The SMILES string of the molecule is CN(CC1COc2ccccc2O1)C(=O)c1snnc1C(C)(C)C. The molecule has 1 aliphatic heterocycles. The number of likely N-dealkylation sites (N-methyl/N-ethyl adjacent to an activating group) is 1. The predicted octanol–water partition coefficient (Wildman–Crippen LogP) is 2.75. The Kier molecular flexibility index (Phi) is 4.45. The summed E-state index contributed by atoms with van der Waals surface area (Å²) in [6, 6.07) is 7.55. The molecule has 0 N–H and O–H groups in total. The highest BCUT2D eigenvalue weighted by Crippen LogP contribution is 2.31. The van der Waals surface area contributed by atoms with E-state index >= 15 is 0 Å². The van der Waals surface area contributed by atoms with Gasteiger partial charge in [-0.2, -0.15) is 0 Å². The molecule has 0 saturated carbocycles. The van der Waals surface area contributed by atoms with Crippen LogP contribution >= 0.6 is 11.5 Å². The van der Waals surface area contributed by atoms with E-state index in [-0.39, 0.29) is 17.4 Å². The molecule has 0 bridgehead atoms. The Bertz CT molecular complexity index is 739. The zero-order chi connectivity index (χ0) is 17.3. The molecule has 1 aliphatic rings. The maximum Gasteiger partial charge on any atom is 0.267 e. The molecule has 0 spiro atoms. The van der Waals surface area contributed by atoms with Crippen LogP contribution in [0.25, 0.3) is 0 Å². The lowest BCUT2D eigenvalue weighted by Gasteiger charge is -2.29. The fourth-order valence-electron chi connectivity index (χ4n) is 2.54. The van der Waals surface area contributed by atoms with Gasteiger partial charge in [-0.25, -0.2) is 0 Å². The lowest BCUT2D eigenvalue weighted by molar-refractivity contribution is 0.0522. The van der Waals surface area contributed by atoms with Crippen LogP contribution in [0.1, 0.15) is 36.1 Å². The number of ether oxygens (including phenoxy) is 2. The summed E-state index contributed by atoms with van der Waals surface area (Å²) in [6.45, 7) is 6.93. The van der Waals surface area contributed by atoms with Gasteiger partial charge in [-0.3, -0.25) is 4.79 Å². The molecular formula is C17H21N3O3S. The van der Waals surface area contributed by atoms with Crippen molar-refractivity contribution in [1.29, 1.82) is 0 Å². The van der Waals surface area contributed by atoms with Gasteiger partial charge in [0.05, 0.1) is 12.2 Å². The number of fused-ring (bicyclic) bond motifs is 1. The van der Waals surface area contributed by atoms with E-state index < -0.39 is 0 Å². The van der Waals surface area contributed by atoms with Gasteiger partial charge in [-0.15, -0.1) is 5.10 Å². The quantitative estimate of drug-likeness (QED) is 0.854. The maximum atomic E-state index is 12.8. The van der Waals surface area contributed by atoms with Crippen molar-refractivity contribution in [3.63, 3.8) is 0 Å². The highest BCUT2D eigenvalue weighted by atomic mass is 32.1. The summed E-state index contributed by atoms with van der Waals surface area (Å²) >= 11 is 1.14. The molecule has 1 atom stereocenters. The minimum Gasteiger partial charge on any atom is -0.486 e. The summed E-state index contributed by atoms with van der Waals surface area (Å²) in [5, 5.41) is 4.13. The molecule has 0 radical (unpaired) electrons. The third kappa shape index (κ3) is 3.36. The van der Waals surface area contributed by atoms with Crippen LogP contribution < -0.4 is 9.47 Å². The number of carbonyl (C=O) groups is 1. The third-order valence-corrected chi connectivity index (χ3v) is 4.50. The van der Waals surface area contributed by atoms with Crippen LogP contribution in [0.15, 0.2) is 24.3 Å². The average Bonchev–Trinajstić information content (AvgIpc) is 3.04. The molecule has 6 nitrogen and oxygen atoms in total. The highest BCUT2D eigenvalue weighted by molar-refractivity contribution is 7.08. The van der Waals surface area contributed by atoms with Crippen LogP contribution in [0.3, 0.4) is 0 Å². The Labute approximate surface area is 145 Å². The molecule has 1 unspecified atom stereocenters. The van der Waals surface area contributed by atoms with Crippen molar-refractivity contribution in [1.82, 2.24) is 14.5 Å². The van der Waals surface area contributed by atoms with Crippen molar-refractivity contribution in [3.05, 3.63) is 34.8 Å². The summed E-state index contributed by atoms with van der Waals surface area (Å²) in [5.74, 6) is 1.37. The van der Waals surface area contributed by atoms with Gasteiger partial charge in [0.15, 0.2) is 17.6 Å². The standard InChI is InChI=1S/C17H21N3O3S/c1-17(2,3)15-14(24-19-18-15)16(21)20(4)9-11-10-22-12-7-5-6-8-13(12)23-11/h5-8,11H,9-10H2,1-4H3. The number of carbonyl (C=O) groups excluding carboxylic acids is 1. The summed E-state index contributed by atoms with van der Waals surface area (Å²) in [7, 11) is 1.76. The zero-order valence-electron chi connectivity index (χ0n) is 14.3. The Morgan fingerprint density at radius 3 is 2.75 bits per heavy atom. The van der Waals surface area contributed by atoms with Crippen LogP contribution in [0.4, 0.5) is 0 Å². The number of hydrogen-bond donors (Lipinski definition) is 0. The van der Waals surface area contributed by atoms with Crippen LogP contribution in [-0.4, -0.2) is 46.7 Å². The summed E-state index contributed by atoms with van der Waals surface area (Å²) < 4.78 is 15.6. The van der Waals surface area contributed by atoms with E-state index in [1.54, 1.807) is 11.9 Å².